The Labute approximate surface area is 121 Å². The number of carbonyl (C=O) groups is 2. The van der Waals surface area contributed by atoms with Crippen LogP contribution in [0.3, 0.4) is 0 Å². The van der Waals surface area contributed by atoms with Gasteiger partial charge in [0.05, 0.1) is 0 Å². The summed E-state index contributed by atoms with van der Waals surface area (Å²) in [6.45, 7) is 3.48. The lowest BCUT2D eigenvalue weighted by atomic mass is 10.2. The van der Waals surface area contributed by atoms with Gasteiger partial charge in [0.2, 0.25) is 5.89 Å². The van der Waals surface area contributed by atoms with Gasteiger partial charge in [-0.1, -0.05) is 6.92 Å². The molecule has 0 fully saturated rings. The third kappa shape index (κ3) is 3.25. The molecule has 0 bridgehead atoms. The van der Waals surface area contributed by atoms with Gasteiger partial charge in [0.25, 0.3) is 11.8 Å². The topological polar surface area (TPSA) is 111 Å². The molecule has 0 saturated heterocycles. The maximum absolute atomic E-state index is 12.1. The Balaban J connectivity index is 2.19. The number of amides is 2. The molecule has 0 aromatic carbocycles. The summed E-state index contributed by atoms with van der Waals surface area (Å²) in [5.74, 6) is -0.307. The molecule has 0 saturated carbocycles. The molecule has 21 heavy (non-hydrogen) atoms. The molecule has 7 nitrogen and oxygen atoms in total. The standard InChI is InChI=1S/C14H16N4O3/c1-3-10(14-18-11(12(15)19)8(2)21-14)17-13(20)9-4-6-16-7-5-9/h4-7,10H,3H2,1-2H3,(H2,15,19)(H,17,20). The van der Waals surface area contributed by atoms with Crippen LogP contribution in [0.4, 0.5) is 0 Å². The van der Waals surface area contributed by atoms with Crippen LogP contribution in [-0.4, -0.2) is 21.8 Å². The van der Waals surface area contributed by atoms with Gasteiger partial charge >= 0.3 is 0 Å². The number of aromatic nitrogens is 2. The summed E-state index contributed by atoms with van der Waals surface area (Å²) in [4.78, 5) is 31.2. The molecule has 2 aromatic rings. The lowest BCUT2D eigenvalue weighted by Crippen LogP contribution is -2.28. The van der Waals surface area contributed by atoms with E-state index in [2.05, 4.69) is 15.3 Å². The van der Waals surface area contributed by atoms with Gasteiger partial charge in [-0.15, -0.1) is 0 Å². The summed E-state index contributed by atoms with van der Waals surface area (Å²) in [6.07, 6.45) is 3.64. The summed E-state index contributed by atoms with van der Waals surface area (Å²) < 4.78 is 5.43. The van der Waals surface area contributed by atoms with Crippen molar-refractivity contribution >= 4 is 11.8 Å². The van der Waals surface area contributed by atoms with E-state index in [1.54, 1.807) is 19.1 Å². The van der Waals surface area contributed by atoms with Gasteiger partial charge in [0.15, 0.2) is 5.69 Å². The van der Waals surface area contributed by atoms with Crippen LogP contribution in [0, 0.1) is 6.92 Å². The quantitative estimate of drug-likeness (QED) is 0.862. The van der Waals surface area contributed by atoms with Crippen molar-refractivity contribution in [3.63, 3.8) is 0 Å². The van der Waals surface area contributed by atoms with Crippen LogP contribution in [0.2, 0.25) is 0 Å². The normalized spacial score (nSPS) is 11.9. The van der Waals surface area contributed by atoms with Gasteiger partial charge in [-0.2, -0.15) is 0 Å². The summed E-state index contributed by atoms with van der Waals surface area (Å²) in [5.41, 5.74) is 5.78. The average molecular weight is 288 g/mol. The van der Waals surface area contributed by atoms with E-state index in [9.17, 15) is 9.59 Å². The highest BCUT2D eigenvalue weighted by Gasteiger charge is 2.22. The van der Waals surface area contributed by atoms with E-state index in [-0.39, 0.29) is 17.5 Å². The molecule has 1 atom stereocenters. The van der Waals surface area contributed by atoms with Crippen LogP contribution in [0.15, 0.2) is 28.9 Å². The highest BCUT2D eigenvalue weighted by molar-refractivity contribution is 5.94. The van der Waals surface area contributed by atoms with Crippen molar-refractivity contribution in [2.45, 2.75) is 26.3 Å². The molecule has 2 amide bonds. The van der Waals surface area contributed by atoms with Gasteiger partial charge in [0.1, 0.15) is 11.8 Å². The van der Waals surface area contributed by atoms with Crippen molar-refractivity contribution in [3.05, 3.63) is 47.4 Å². The molecule has 0 radical (unpaired) electrons. The van der Waals surface area contributed by atoms with E-state index in [1.807, 2.05) is 6.92 Å². The van der Waals surface area contributed by atoms with Gasteiger partial charge in [-0.25, -0.2) is 4.98 Å². The van der Waals surface area contributed by atoms with Gasteiger partial charge in [-0.3, -0.25) is 14.6 Å². The van der Waals surface area contributed by atoms with Crippen molar-refractivity contribution in [3.8, 4) is 0 Å². The fraction of sp³-hybridized carbons (Fsp3) is 0.286. The maximum Gasteiger partial charge on any atom is 0.270 e. The van der Waals surface area contributed by atoms with Crippen molar-refractivity contribution in [2.24, 2.45) is 5.73 Å². The molecule has 1 unspecified atom stereocenters. The van der Waals surface area contributed by atoms with E-state index in [1.165, 1.54) is 12.4 Å². The second-order valence-corrected chi connectivity index (χ2v) is 4.49. The fourth-order valence-corrected chi connectivity index (χ4v) is 1.88. The molecule has 2 heterocycles. The molecule has 110 valence electrons. The minimum atomic E-state index is -0.655. The zero-order valence-electron chi connectivity index (χ0n) is 11.8. The number of primary amides is 1. The number of carbonyl (C=O) groups excluding carboxylic acids is 2. The third-order valence-corrected chi connectivity index (χ3v) is 3.00. The number of hydrogen-bond acceptors (Lipinski definition) is 5. The number of rotatable bonds is 5. The van der Waals surface area contributed by atoms with Crippen LogP contribution >= 0.6 is 0 Å². The summed E-state index contributed by atoms with van der Waals surface area (Å²) in [5, 5.41) is 2.80. The second kappa shape index (κ2) is 6.17. The highest BCUT2D eigenvalue weighted by atomic mass is 16.4. The van der Waals surface area contributed by atoms with Crippen LogP contribution in [0.5, 0.6) is 0 Å². The molecule has 3 N–H and O–H groups in total. The average Bonchev–Trinajstić information content (AvgIpc) is 2.87. The minimum Gasteiger partial charge on any atom is -0.443 e. The number of aryl methyl sites for hydroxylation is 1. The Hall–Kier alpha value is -2.70. The number of nitrogens with zero attached hydrogens (tertiary/aromatic N) is 2. The zero-order chi connectivity index (χ0) is 15.4. The molecular formula is C14H16N4O3. The number of hydrogen-bond donors (Lipinski definition) is 2. The van der Waals surface area contributed by atoms with Gasteiger partial charge in [0, 0.05) is 18.0 Å². The minimum absolute atomic E-state index is 0.0848. The van der Waals surface area contributed by atoms with Crippen molar-refractivity contribution < 1.29 is 14.0 Å². The van der Waals surface area contributed by atoms with Crippen molar-refractivity contribution in [2.75, 3.05) is 0 Å². The van der Waals surface area contributed by atoms with E-state index in [0.29, 0.717) is 17.7 Å². The predicted octanol–water partition coefficient (Wildman–Crippen LogP) is 1.36. The number of oxazole rings is 1. The van der Waals surface area contributed by atoms with E-state index in [0.717, 1.165) is 0 Å². The summed E-state index contributed by atoms with van der Waals surface area (Å²) in [7, 11) is 0. The molecule has 0 aliphatic carbocycles. The number of pyridine rings is 1. The molecule has 2 rings (SSSR count). The largest absolute Gasteiger partial charge is 0.443 e. The second-order valence-electron chi connectivity index (χ2n) is 4.49. The Morgan fingerprint density at radius 3 is 2.57 bits per heavy atom. The maximum atomic E-state index is 12.1. The Morgan fingerprint density at radius 1 is 1.38 bits per heavy atom. The third-order valence-electron chi connectivity index (χ3n) is 3.00. The van der Waals surface area contributed by atoms with Crippen molar-refractivity contribution in [1.82, 2.24) is 15.3 Å². The Kier molecular flexibility index (Phi) is 4.32. The zero-order valence-corrected chi connectivity index (χ0v) is 11.8. The van der Waals surface area contributed by atoms with Crippen LogP contribution in [-0.2, 0) is 0 Å². The Morgan fingerprint density at radius 2 is 2.05 bits per heavy atom. The number of nitrogens with one attached hydrogen (secondary N) is 1. The molecule has 2 aromatic heterocycles. The smallest absolute Gasteiger partial charge is 0.270 e. The first kappa shape index (κ1) is 14.7. The predicted molar refractivity (Wildman–Crippen MR) is 74.5 cm³/mol. The van der Waals surface area contributed by atoms with Crippen LogP contribution < -0.4 is 11.1 Å². The molecule has 7 heteroatoms. The summed E-state index contributed by atoms with van der Waals surface area (Å²) >= 11 is 0. The highest BCUT2D eigenvalue weighted by Crippen LogP contribution is 2.19. The SMILES string of the molecule is CCC(NC(=O)c1ccncc1)c1nc(C(N)=O)c(C)o1. The molecule has 0 spiro atoms. The fourth-order valence-electron chi connectivity index (χ4n) is 1.88. The van der Waals surface area contributed by atoms with E-state index < -0.39 is 11.9 Å². The Bertz CT molecular complexity index is 651. The van der Waals surface area contributed by atoms with E-state index in [4.69, 9.17) is 10.2 Å². The monoisotopic (exact) mass is 288 g/mol. The first-order chi connectivity index (χ1) is 10.0. The van der Waals surface area contributed by atoms with Crippen LogP contribution in [0.25, 0.3) is 0 Å². The lowest BCUT2D eigenvalue weighted by Gasteiger charge is -2.13. The molecular weight excluding hydrogens is 272 g/mol. The first-order valence-corrected chi connectivity index (χ1v) is 6.51. The van der Waals surface area contributed by atoms with Gasteiger partial charge in [-0.05, 0) is 25.5 Å². The summed E-state index contributed by atoms with van der Waals surface area (Å²) in [6, 6.07) is 2.78. The van der Waals surface area contributed by atoms with E-state index >= 15 is 0 Å². The first-order valence-electron chi connectivity index (χ1n) is 6.51. The number of nitrogens with two attached hydrogens (primary N) is 1. The lowest BCUT2D eigenvalue weighted by molar-refractivity contribution is 0.0928. The van der Waals surface area contributed by atoms with Crippen molar-refractivity contribution in [1.29, 1.82) is 0 Å². The van der Waals surface area contributed by atoms with Crippen LogP contribution in [0.1, 0.15) is 51.9 Å². The van der Waals surface area contributed by atoms with Gasteiger partial charge < -0.3 is 15.5 Å². The molecule has 0 aliphatic rings. The molecule has 0 aliphatic heterocycles.